The summed E-state index contributed by atoms with van der Waals surface area (Å²) < 4.78 is 24.2. The van der Waals surface area contributed by atoms with E-state index in [0.29, 0.717) is 11.3 Å². The highest BCUT2D eigenvalue weighted by Gasteiger charge is 2.19. The van der Waals surface area contributed by atoms with Crippen LogP contribution >= 0.6 is 0 Å². The number of amides is 1. The number of rotatable bonds is 7. The van der Waals surface area contributed by atoms with Crippen molar-refractivity contribution in [1.82, 2.24) is 4.57 Å². The number of anilines is 1. The van der Waals surface area contributed by atoms with Crippen molar-refractivity contribution in [2.75, 3.05) is 25.7 Å². The number of benzene rings is 2. The van der Waals surface area contributed by atoms with Crippen LogP contribution in [0.2, 0.25) is 0 Å². The zero-order valence-corrected chi connectivity index (χ0v) is 16.4. The lowest BCUT2D eigenvalue weighted by Gasteiger charge is -2.11. The molecule has 150 valence electrons. The summed E-state index contributed by atoms with van der Waals surface area (Å²) in [4.78, 5) is 11.6. The molecule has 0 saturated carbocycles. The van der Waals surface area contributed by atoms with E-state index in [4.69, 9.17) is 4.74 Å². The van der Waals surface area contributed by atoms with E-state index in [9.17, 15) is 14.4 Å². The van der Waals surface area contributed by atoms with Gasteiger partial charge in [-0.15, -0.1) is 0 Å². The van der Waals surface area contributed by atoms with Crippen LogP contribution in [0.15, 0.2) is 42.5 Å². The maximum Gasteiger partial charge on any atom is 0.411 e. The third kappa shape index (κ3) is 4.16. The molecule has 7 heteroatoms. The van der Waals surface area contributed by atoms with E-state index in [-0.39, 0.29) is 6.61 Å². The average molecular weight is 395 g/mol. The first kappa shape index (κ1) is 20.2. The van der Waals surface area contributed by atoms with Crippen molar-refractivity contribution in [3.05, 3.63) is 48.0 Å². The topological polar surface area (TPSA) is 76.3 Å². The molecule has 0 unspecified atom stereocenters. The molecule has 0 aliphatic rings. The van der Waals surface area contributed by atoms with Gasteiger partial charge in [-0.05, 0) is 36.2 Å². The quantitative estimate of drug-likeness (QED) is 0.603. The van der Waals surface area contributed by atoms with Gasteiger partial charge in [-0.25, -0.2) is 9.18 Å². The Morgan fingerprint density at radius 1 is 1.24 bits per heavy atom. The molecule has 0 saturated heterocycles. The highest BCUT2D eigenvalue weighted by molar-refractivity contribution is 5.95. The Balaban J connectivity index is 2.03. The maximum absolute atomic E-state index is 12.1. The van der Waals surface area contributed by atoms with Crippen molar-refractivity contribution in [1.29, 1.82) is 5.26 Å². The van der Waals surface area contributed by atoms with Crippen molar-refractivity contribution in [3.63, 3.8) is 0 Å². The number of methoxy groups -OCH3 is 1. The number of ether oxygens (including phenoxy) is 2. The molecule has 29 heavy (non-hydrogen) atoms. The number of aromatic nitrogens is 1. The molecule has 0 spiro atoms. The Labute approximate surface area is 168 Å². The van der Waals surface area contributed by atoms with Crippen molar-refractivity contribution < 1.29 is 18.7 Å². The molecular formula is C22H22FN3O3. The normalized spacial score (nSPS) is 10.6. The number of alkyl halides is 1. The van der Waals surface area contributed by atoms with Gasteiger partial charge in [0.1, 0.15) is 25.1 Å². The summed E-state index contributed by atoms with van der Waals surface area (Å²) in [6.45, 7) is 1.82. The molecule has 0 aliphatic carbocycles. The largest absolute Gasteiger partial charge is 0.497 e. The number of nitrogens with zero attached hydrogens (tertiary/aromatic N) is 2. The minimum absolute atomic E-state index is 0.282. The lowest BCUT2D eigenvalue weighted by Crippen LogP contribution is -2.14. The molecule has 0 aliphatic heterocycles. The summed E-state index contributed by atoms with van der Waals surface area (Å²) in [5.41, 5.74) is 3.74. The van der Waals surface area contributed by atoms with Gasteiger partial charge >= 0.3 is 6.09 Å². The fourth-order valence-electron chi connectivity index (χ4n) is 3.32. The monoisotopic (exact) mass is 395 g/mol. The Kier molecular flexibility index (Phi) is 6.35. The molecule has 0 bridgehead atoms. The van der Waals surface area contributed by atoms with Crippen LogP contribution in [-0.4, -0.2) is 31.1 Å². The Morgan fingerprint density at radius 3 is 2.62 bits per heavy atom. The third-order valence-electron chi connectivity index (χ3n) is 4.55. The van der Waals surface area contributed by atoms with Crippen molar-refractivity contribution >= 4 is 22.7 Å². The van der Waals surface area contributed by atoms with Gasteiger partial charge in [-0.2, -0.15) is 5.26 Å². The van der Waals surface area contributed by atoms with E-state index in [2.05, 4.69) is 27.6 Å². The van der Waals surface area contributed by atoms with E-state index >= 15 is 0 Å². The van der Waals surface area contributed by atoms with Crippen LogP contribution in [0.5, 0.6) is 5.75 Å². The first-order chi connectivity index (χ1) is 14.1. The molecular weight excluding hydrogens is 373 g/mol. The number of halogens is 1. The van der Waals surface area contributed by atoms with Crippen LogP contribution in [-0.2, 0) is 11.3 Å². The standard InChI is InChI=1S/C22H22FN3O3/c1-3-11-26-20-13-17(28-2)8-9-18(20)19(14-24)21(26)15-4-6-16(7-5-15)25-22(27)29-12-10-23/h4-9,13H,3,10-12H2,1-2H3,(H,25,27). The number of nitriles is 1. The molecule has 1 N–H and O–H groups in total. The first-order valence-electron chi connectivity index (χ1n) is 9.33. The van der Waals surface area contributed by atoms with Gasteiger partial charge < -0.3 is 14.0 Å². The van der Waals surface area contributed by atoms with Gasteiger partial charge in [0.2, 0.25) is 0 Å². The summed E-state index contributed by atoms with van der Waals surface area (Å²) >= 11 is 0. The van der Waals surface area contributed by atoms with Crippen molar-refractivity contribution in [3.8, 4) is 23.1 Å². The second-order valence-electron chi connectivity index (χ2n) is 6.40. The summed E-state index contributed by atoms with van der Waals surface area (Å²) in [7, 11) is 1.62. The van der Waals surface area contributed by atoms with Crippen LogP contribution in [0, 0.1) is 11.3 Å². The van der Waals surface area contributed by atoms with Gasteiger partial charge in [0, 0.05) is 23.7 Å². The molecule has 1 heterocycles. The van der Waals surface area contributed by atoms with Gasteiger partial charge in [0.05, 0.1) is 23.9 Å². The molecule has 3 rings (SSSR count). The van der Waals surface area contributed by atoms with Gasteiger partial charge in [0.15, 0.2) is 0 Å². The summed E-state index contributed by atoms with van der Waals surface area (Å²) in [5, 5.41) is 13.3. The van der Waals surface area contributed by atoms with E-state index in [0.717, 1.165) is 40.9 Å². The lowest BCUT2D eigenvalue weighted by atomic mass is 10.1. The second-order valence-corrected chi connectivity index (χ2v) is 6.40. The number of nitrogens with one attached hydrogen (secondary N) is 1. The predicted molar refractivity (Wildman–Crippen MR) is 110 cm³/mol. The Hall–Kier alpha value is -3.53. The fraction of sp³-hybridized carbons (Fsp3) is 0.273. The molecule has 0 atom stereocenters. The third-order valence-corrected chi connectivity index (χ3v) is 4.55. The van der Waals surface area contributed by atoms with Gasteiger partial charge in [-0.1, -0.05) is 19.1 Å². The van der Waals surface area contributed by atoms with Crippen molar-refractivity contribution in [2.45, 2.75) is 19.9 Å². The number of aryl methyl sites for hydroxylation is 1. The zero-order valence-electron chi connectivity index (χ0n) is 16.4. The van der Waals surface area contributed by atoms with E-state index < -0.39 is 12.8 Å². The number of hydrogen-bond acceptors (Lipinski definition) is 4. The fourth-order valence-corrected chi connectivity index (χ4v) is 3.32. The van der Waals surface area contributed by atoms with Crippen LogP contribution in [0.1, 0.15) is 18.9 Å². The zero-order chi connectivity index (χ0) is 20.8. The molecule has 2 aromatic carbocycles. The van der Waals surface area contributed by atoms with Crippen LogP contribution in [0.25, 0.3) is 22.2 Å². The SMILES string of the molecule is CCCn1c(-c2ccc(NC(=O)OCCF)cc2)c(C#N)c2ccc(OC)cc21. The average Bonchev–Trinajstić information content (AvgIpc) is 3.05. The molecule has 3 aromatic rings. The summed E-state index contributed by atoms with van der Waals surface area (Å²) in [6, 6.07) is 15.1. The number of hydrogen-bond donors (Lipinski definition) is 1. The van der Waals surface area contributed by atoms with Crippen molar-refractivity contribution in [2.24, 2.45) is 0 Å². The highest BCUT2D eigenvalue weighted by Crippen LogP contribution is 2.36. The Bertz CT molecular complexity index is 1050. The smallest absolute Gasteiger partial charge is 0.411 e. The highest BCUT2D eigenvalue weighted by atomic mass is 19.1. The minimum atomic E-state index is -0.726. The number of carbonyl (C=O) groups is 1. The molecule has 0 radical (unpaired) electrons. The Morgan fingerprint density at radius 2 is 2.00 bits per heavy atom. The predicted octanol–water partition coefficient (Wildman–Crippen LogP) is 5.12. The summed E-state index contributed by atoms with van der Waals surface area (Å²) in [5.74, 6) is 0.731. The number of carbonyl (C=O) groups excluding carboxylic acids is 1. The minimum Gasteiger partial charge on any atom is -0.497 e. The maximum atomic E-state index is 12.1. The van der Waals surface area contributed by atoms with Gasteiger partial charge in [0.25, 0.3) is 0 Å². The van der Waals surface area contributed by atoms with E-state index in [1.54, 1.807) is 19.2 Å². The van der Waals surface area contributed by atoms with Crippen LogP contribution < -0.4 is 10.1 Å². The molecule has 6 nitrogen and oxygen atoms in total. The first-order valence-corrected chi connectivity index (χ1v) is 9.33. The van der Waals surface area contributed by atoms with E-state index in [1.807, 2.05) is 30.3 Å². The molecule has 0 fully saturated rings. The van der Waals surface area contributed by atoms with Crippen LogP contribution in [0.4, 0.5) is 14.9 Å². The van der Waals surface area contributed by atoms with Crippen LogP contribution in [0.3, 0.4) is 0 Å². The summed E-state index contributed by atoms with van der Waals surface area (Å²) in [6.07, 6.45) is 0.194. The lowest BCUT2D eigenvalue weighted by molar-refractivity contribution is 0.152. The van der Waals surface area contributed by atoms with E-state index in [1.165, 1.54) is 0 Å². The van der Waals surface area contributed by atoms with Gasteiger partial charge in [-0.3, -0.25) is 5.32 Å². The molecule has 1 aromatic heterocycles. The number of fused-ring (bicyclic) bond motifs is 1. The second kappa shape index (κ2) is 9.11. The molecule has 1 amide bonds.